The highest BCUT2D eigenvalue weighted by molar-refractivity contribution is 7.12. The van der Waals surface area contributed by atoms with Crippen LogP contribution in [0.4, 0.5) is 0 Å². The summed E-state index contributed by atoms with van der Waals surface area (Å²) in [5.74, 6) is 0.250. The smallest absolute Gasteiger partial charge is 0.177 e. The molecule has 3 rings (SSSR count). The van der Waals surface area contributed by atoms with Gasteiger partial charge < -0.3 is 0 Å². The average molecular weight is 256 g/mol. The van der Waals surface area contributed by atoms with Crippen LogP contribution in [-0.2, 0) is 19.3 Å². The molecular weight excluding hydrogens is 240 g/mol. The van der Waals surface area contributed by atoms with Crippen LogP contribution in [0.2, 0.25) is 0 Å². The van der Waals surface area contributed by atoms with Crippen LogP contribution in [0.1, 0.15) is 38.3 Å². The largest absolute Gasteiger partial charge is 0.293 e. The highest BCUT2D eigenvalue weighted by Gasteiger charge is 2.14. The van der Waals surface area contributed by atoms with Gasteiger partial charge in [0.2, 0.25) is 0 Å². The minimum atomic E-state index is 0.250. The van der Waals surface area contributed by atoms with Gasteiger partial charge in [-0.2, -0.15) is 0 Å². The Morgan fingerprint density at radius 1 is 1.22 bits per heavy atom. The summed E-state index contributed by atoms with van der Waals surface area (Å²) >= 11 is 1.55. The quantitative estimate of drug-likeness (QED) is 0.759. The van der Waals surface area contributed by atoms with Crippen LogP contribution in [0.5, 0.6) is 0 Å². The molecule has 0 N–H and O–H groups in total. The van der Waals surface area contributed by atoms with Gasteiger partial charge in [-0.25, -0.2) is 0 Å². The van der Waals surface area contributed by atoms with E-state index in [1.807, 2.05) is 18.4 Å². The first kappa shape index (κ1) is 11.7. The number of hydrogen-bond acceptors (Lipinski definition) is 2. The van der Waals surface area contributed by atoms with Crippen LogP contribution in [-0.4, -0.2) is 5.78 Å². The molecule has 18 heavy (non-hydrogen) atoms. The number of benzene rings is 1. The molecule has 1 aliphatic rings. The van der Waals surface area contributed by atoms with Gasteiger partial charge in [-0.1, -0.05) is 18.2 Å². The van der Waals surface area contributed by atoms with E-state index in [1.165, 1.54) is 30.4 Å². The molecular formula is C16H16OS. The van der Waals surface area contributed by atoms with Crippen LogP contribution < -0.4 is 0 Å². The van der Waals surface area contributed by atoms with Crippen LogP contribution in [0.25, 0.3) is 0 Å². The van der Waals surface area contributed by atoms with Crippen LogP contribution in [0, 0.1) is 6.92 Å². The van der Waals surface area contributed by atoms with Gasteiger partial charge in [-0.05, 0) is 59.9 Å². The second kappa shape index (κ2) is 4.69. The van der Waals surface area contributed by atoms with E-state index in [0.29, 0.717) is 6.42 Å². The molecule has 0 aliphatic heterocycles. The second-order valence-corrected chi connectivity index (χ2v) is 5.91. The summed E-state index contributed by atoms with van der Waals surface area (Å²) in [6.45, 7) is 2.01. The van der Waals surface area contributed by atoms with Crippen molar-refractivity contribution in [1.82, 2.24) is 0 Å². The maximum Gasteiger partial charge on any atom is 0.177 e. The second-order valence-electron chi connectivity index (χ2n) is 4.99. The van der Waals surface area contributed by atoms with Gasteiger partial charge in [0.25, 0.3) is 0 Å². The third kappa shape index (κ3) is 2.13. The highest BCUT2D eigenvalue weighted by atomic mass is 32.1. The predicted molar refractivity (Wildman–Crippen MR) is 75.6 cm³/mol. The lowest BCUT2D eigenvalue weighted by Gasteiger charge is -2.04. The van der Waals surface area contributed by atoms with Gasteiger partial charge in [0.15, 0.2) is 5.78 Å². The summed E-state index contributed by atoms with van der Waals surface area (Å²) in [7, 11) is 0. The topological polar surface area (TPSA) is 17.1 Å². The van der Waals surface area contributed by atoms with E-state index in [0.717, 1.165) is 16.0 Å². The van der Waals surface area contributed by atoms with Gasteiger partial charge in [0, 0.05) is 6.42 Å². The number of rotatable bonds is 3. The third-order valence-electron chi connectivity index (χ3n) is 3.64. The predicted octanol–water partition coefficient (Wildman–Crippen LogP) is 3.97. The van der Waals surface area contributed by atoms with Crippen molar-refractivity contribution in [1.29, 1.82) is 0 Å². The molecule has 1 aliphatic carbocycles. The standard InChI is InChI=1S/C16H16OS/c1-11-7-8-18-16(11)15(17)10-12-5-6-13-3-2-4-14(13)9-12/h5-9H,2-4,10H2,1H3. The fourth-order valence-corrected chi connectivity index (χ4v) is 3.52. The normalized spacial score (nSPS) is 13.6. The monoisotopic (exact) mass is 256 g/mol. The van der Waals surface area contributed by atoms with Gasteiger partial charge >= 0.3 is 0 Å². The van der Waals surface area contributed by atoms with Crippen LogP contribution in [0.15, 0.2) is 29.6 Å². The Morgan fingerprint density at radius 2 is 2.06 bits per heavy atom. The lowest BCUT2D eigenvalue weighted by Crippen LogP contribution is -2.03. The number of ketones is 1. The van der Waals surface area contributed by atoms with Crippen molar-refractivity contribution in [3.05, 3.63) is 56.8 Å². The average Bonchev–Trinajstić information content (AvgIpc) is 2.96. The summed E-state index contributed by atoms with van der Waals surface area (Å²) in [5.41, 5.74) is 5.18. The zero-order valence-corrected chi connectivity index (χ0v) is 11.3. The van der Waals surface area contributed by atoms with Crippen molar-refractivity contribution >= 4 is 17.1 Å². The van der Waals surface area contributed by atoms with Crippen molar-refractivity contribution in [3.63, 3.8) is 0 Å². The number of carbonyl (C=O) groups is 1. The highest BCUT2D eigenvalue weighted by Crippen LogP contribution is 2.24. The molecule has 2 heteroatoms. The van der Waals surface area contributed by atoms with E-state index < -0.39 is 0 Å². The van der Waals surface area contributed by atoms with E-state index >= 15 is 0 Å². The van der Waals surface area contributed by atoms with E-state index in [2.05, 4.69) is 18.2 Å². The molecule has 0 bridgehead atoms. The first-order valence-electron chi connectivity index (χ1n) is 6.42. The Labute approximate surface area is 111 Å². The first-order chi connectivity index (χ1) is 8.74. The Morgan fingerprint density at radius 3 is 2.83 bits per heavy atom. The molecule has 0 spiro atoms. The Bertz CT molecular complexity index is 595. The SMILES string of the molecule is Cc1ccsc1C(=O)Cc1ccc2c(c1)CCC2. The summed E-state index contributed by atoms with van der Waals surface area (Å²) in [6, 6.07) is 8.56. The molecule has 1 aromatic carbocycles. The van der Waals surface area contributed by atoms with Crippen molar-refractivity contribution in [2.24, 2.45) is 0 Å². The Hall–Kier alpha value is -1.41. The molecule has 0 radical (unpaired) electrons. The number of thiophene rings is 1. The third-order valence-corrected chi connectivity index (χ3v) is 4.70. The zero-order valence-electron chi connectivity index (χ0n) is 10.5. The lowest BCUT2D eigenvalue weighted by atomic mass is 10.0. The molecule has 0 fully saturated rings. The molecule has 0 saturated carbocycles. The molecule has 0 saturated heterocycles. The lowest BCUT2D eigenvalue weighted by molar-refractivity contribution is 0.0996. The van der Waals surface area contributed by atoms with E-state index in [9.17, 15) is 4.79 Å². The van der Waals surface area contributed by atoms with E-state index in [1.54, 1.807) is 11.3 Å². The maximum atomic E-state index is 12.2. The minimum absolute atomic E-state index is 0.250. The number of carbonyl (C=O) groups excluding carboxylic acids is 1. The number of Topliss-reactive ketones (excluding diaryl/α,β-unsaturated/α-hetero) is 1. The van der Waals surface area contributed by atoms with Crippen molar-refractivity contribution < 1.29 is 4.79 Å². The first-order valence-corrected chi connectivity index (χ1v) is 7.30. The molecule has 2 aromatic rings. The van der Waals surface area contributed by atoms with Gasteiger partial charge in [-0.15, -0.1) is 11.3 Å². The molecule has 1 nitrogen and oxygen atoms in total. The molecule has 1 heterocycles. The summed E-state index contributed by atoms with van der Waals surface area (Å²) in [5, 5.41) is 1.99. The van der Waals surface area contributed by atoms with Gasteiger partial charge in [-0.3, -0.25) is 4.79 Å². The molecule has 0 amide bonds. The van der Waals surface area contributed by atoms with Crippen LogP contribution in [0.3, 0.4) is 0 Å². The number of fused-ring (bicyclic) bond motifs is 1. The fraction of sp³-hybridized carbons (Fsp3) is 0.312. The fourth-order valence-electron chi connectivity index (χ4n) is 2.66. The molecule has 1 aromatic heterocycles. The zero-order chi connectivity index (χ0) is 12.5. The Kier molecular flexibility index (Phi) is 3.04. The summed E-state index contributed by atoms with van der Waals surface area (Å²) in [4.78, 5) is 13.1. The van der Waals surface area contributed by atoms with Crippen molar-refractivity contribution in [2.75, 3.05) is 0 Å². The minimum Gasteiger partial charge on any atom is -0.293 e. The number of aryl methyl sites for hydroxylation is 3. The maximum absolute atomic E-state index is 12.2. The Balaban J connectivity index is 1.81. The molecule has 0 unspecified atom stereocenters. The van der Waals surface area contributed by atoms with Crippen molar-refractivity contribution in [3.8, 4) is 0 Å². The molecule has 0 atom stereocenters. The van der Waals surface area contributed by atoms with E-state index in [4.69, 9.17) is 0 Å². The summed E-state index contributed by atoms with van der Waals surface area (Å²) in [6.07, 6.45) is 4.17. The van der Waals surface area contributed by atoms with Gasteiger partial charge in [0.1, 0.15) is 0 Å². The molecule has 92 valence electrons. The van der Waals surface area contributed by atoms with Gasteiger partial charge in [0.05, 0.1) is 4.88 Å². The van der Waals surface area contributed by atoms with Crippen molar-refractivity contribution in [2.45, 2.75) is 32.6 Å². The number of hydrogen-bond donors (Lipinski definition) is 0. The van der Waals surface area contributed by atoms with Crippen LogP contribution >= 0.6 is 11.3 Å². The van der Waals surface area contributed by atoms with E-state index in [-0.39, 0.29) is 5.78 Å². The summed E-state index contributed by atoms with van der Waals surface area (Å²) < 4.78 is 0.